The summed E-state index contributed by atoms with van der Waals surface area (Å²) in [5.41, 5.74) is 2.14. The molecule has 374 valence electrons. The van der Waals surface area contributed by atoms with Crippen LogP contribution in [0.5, 0.6) is 5.75 Å². The fourth-order valence-corrected chi connectivity index (χ4v) is 7.04. The predicted molar refractivity (Wildman–Crippen MR) is 252 cm³/mol. The zero-order valence-corrected chi connectivity index (χ0v) is 37.7. The normalized spacial score (nSPS) is 12.7. The Morgan fingerprint density at radius 3 is 1.29 bits per heavy atom. The molecule has 0 aliphatic heterocycles. The van der Waals surface area contributed by atoms with Crippen LogP contribution in [-0.4, -0.2) is 144 Å². The third-order valence-electron chi connectivity index (χ3n) is 10.6. The second-order valence-corrected chi connectivity index (χ2v) is 16.1. The molecule has 0 bridgehead atoms. The summed E-state index contributed by atoms with van der Waals surface area (Å²) in [6.07, 6.45) is 6.88. The first kappa shape index (κ1) is 52.4. The van der Waals surface area contributed by atoms with Gasteiger partial charge in [0.1, 0.15) is 29.9 Å². The first-order chi connectivity index (χ1) is 33.5. The van der Waals surface area contributed by atoms with E-state index in [1.165, 1.54) is 12.1 Å². The number of para-hydroxylation sites is 1. The van der Waals surface area contributed by atoms with Crippen molar-refractivity contribution in [2.24, 2.45) is 0 Å². The number of benzene rings is 2. The minimum absolute atomic E-state index is 0.00479. The lowest BCUT2D eigenvalue weighted by Crippen LogP contribution is -2.34. The van der Waals surface area contributed by atoms with Gasteiger partial charge < -0.3 is 72.6 Å². The number of anilines is 6. The highest BCUT2D eigenvalue weighted by molar-refractivity contribution is 5.86. The number of unbranched alkanes of at least 4 members (excludes halogenated alkanes) is 7. The number of carboxylic acids is 6. The molecule has 70 heavy (non-hydrogen) atoms. The molecule has 0 saturated carbocycles. The highest BCUT2D eigenvalue weighted by Crippen LogP contribution is 2.22. The van der Waals surface area contributed by atoms with E-state index in [1.54, 1.807) is 18.3 Å². The Morgan fingerprint density at radius 2 is 0.857 bits per heavy atom. The average molecular weight is 974 g/mol. The molecule has 5 rings (SSSR count). The summed E-state index contributed by atoms with van der Waals surface area (Å²) in [5, 5.41) is 84.6. The van der Waals surface area contributed by atoms with Crippen molar-refractivity contribution in [3.63, 3.8) is 0 Å². The number of hydrogen-bond donors (Lipinski definition) is 14. The number of rotatable bonds is 33. The highest BCUT2D eigenvalue weighted by atomic mass is 16.4. The second-order valence-electron chi connectivity index (χ2n) is 16.1. The molecule has 2 aromatic carbocycles. The number of aromatic amines is 1. The lowest BCUT2D eigenvalue weighted by atomic mass is 10.1. The SMILES string of the molecule is O=C(O)C[C@H](Nc1nc(NCCCCCCCCCCNc2nc(N[C@@H](CC(=O)O)C(=O)O)nc(N[C@@H](Cc3c[nH]c4ccccc34)C(=O)O)n2)nc(N[C@@H](Cc2ccc(O)cc2)C(=O)O)n1)C(=O)O. The van der Waals surface area contributed by atoms with E-state index in [-0.39, 0.29) is 54.3 Å². The Bertz CT molecular complexity index is 2580. The van der Waals surface area contributed by atoms with Crippen LogP contribution in [0, 0.1) is 0 Å². The van der Waals surface area contributed by atoms with Crippen molar-refractivity contribution < 1.29 is 64.5 Å². The van der Waals surface area contributed by atoms with Crippen LogP contribution in [0.4, 0.5) is 35.7 Å². The number of aromatic nitrogens is 7. The zero-order valence-electron chi connectivity index (χ0n) is 37.7. The first-order valence-electron chi connectivity index (χ1n) is 22.3. The van der Waals surface area contributed by atoms with Crippen molar-refractivity contribution in [2.75, 3.05) is 45.0 Å². The van der Waals surface area contributed by atoms with E-state index in [9.17, 15) is 64.5 Å². The van der Waals surface area contributed by atoms with Crippen LogP contribution in [0.3, 0.4) is 0 Å². The molecule has 0 aliphatic rings. The van der Waals surface area contributed by atoms with Gasteiger partial charge in [0.05, 0.1) is 12.8 Å². The molecule has 0 fully saturated rings. The summed E-state index contributed by atoms with van der Waals surface area (Å²) < 4.78 is 0. The van der Waals surface area contributed by atoms with E-state index >= 15 is 0 Å². The molecule has 0 aliphatic carbocycles. The van der Waals surface area contributed by atoms with Crippen LogP contribution < -0.4 is 31.9 Å². The van der Waals surface area contributed by atoms with Crippen LogP contribution in [-0.2, 0) is 41.6 Å². The van der Waals surface area contributed by atoms with Gasteiger partial charge in [-0.1, -0.05) is 68.9 Å². The Morgan fingerprint density at radius 1 is 0.471 bits per heavy atom. The molecule has 5 aromatic rings. The Kier molecular flexibility index (Phi) is 19.5. The number of nitrogens with zero attached hydrogens (tertiary/aromatic N) is 6. The third kappa shape index (κ3) is 17.3. The monoisotopic (exact) mass is 973 g/mol. The number of phenolic OH excluding ortho intramolecular Hbond substituents is 1. The number of fused-ring (bicyclic) bond motifs is 1. The summed E-state index contributed by atoms with van der Waals surface area (Å²) in [6, 6.07) is 7.72. The van der Waals surface area contributed by atoms with Crippen LogP contribution >= 0.6 is 0 Å². The van der Waals surface area contributed by atoms with Crippen molar-refractivity contribution >= 4 is 82.4 Å². The summed E-state index contributed by atoms with van der Waals surface area (Å²) >= 11 is 0. The number of carbonyl (C=O) groups is 6. The molecular weight excluding hydrogens is 919 g/mol. The number of hydrogen-bond acceptors (Lipinski definition) is 19. The van der Waals surface area contributed by atoms with Gasteiger partial charge in [-0.25, -0.2) is 19.2 Å². The van der Waals surface area contributed by atoms with Gasteiger partial charge in [-0.2, -0.15) is 29.9 Å². The maximum absolute atomic E-state index is 12.4. The van der Waals surface area contributed by atoms with E-state index in [2.05, 4.69) is 66.8 Å². The fraction of sp³-hybridized carbons (Fsp3) is 0.409. The maximum atomic E-state index is 12.4. The Balaban J connectivity index is 1.09. The second kappa shape index (κ2) is 26.1. The molecule has 26 heteroatoms. The van der Waals surface area contributed by atoms with Gasteiger partial charge in [0.15, 0.2) is 0 Å². The minimum Gasteiger partial charge on any atom is -0.508 e. The number of H-pyrrole nitrogens is 1. The van der Waals surface area contributed by atoms with Crippen molar-refractivity contribution in [1.29, 1.82) is 0 Å². The summed E-state index contributed by atoms with van der Waals surface area (Å²) in [7, 11) is 0. The molecule has 0 radical (unpaired) electrons. The summed E-state index contributed by atoms with van der Waals surface area (Å²) in [4.78, 5) is 99.1. The number of aliphatic carboxylic acids is 6. The van der Waals surface area contributed by atoms with Gasteiger partial charge >= 0.3 is 35.8 Å². The fourth-order valence-electron chi connectivity index (χ4n) is 7.04. The van der Waals surface area contributed by atoms with Gasteiger partial charge in [-0.3, -0.25) is 9.59 Å². The minimum atomic E-state index is -1.59. The molecule has 14 N–H and O–H groups in total. The Labute approximate surface area is 398 Å². The number of aromatic hydroxyl groups is 1. The van der Waals surface area contributed by atoms with E-state index < -0.39 is 72.8 Å². The quantitative estimate of drug-likeness (QED) is 0.0266. The van der Waals surface area contributed by atoms with Crippen molar-refractivity contribution in [3.8, 4) is 5.75 Å². The number of nitrogens with one attached hydrogen (secondary N) is 7. The maximum Gasteiger partial charge on any atom is 0.326 e. The first-order valence-corrected chi connectivity index (χ1v) is 22.3. The number of phenols is 1. The summed E-state index contributed by atoms with van der Waals surface area (Å²) in [5.74, 6) is -9.04. The molecule has 4 atom stereocenters. The van der Waals surface area contributed by atoms with Crippen LogP contribution in [0.2, 0.25) is 0 Å². The van der Waals surface area contributed by atoms with Crippen molar-refractivity contribution in [2.45, 2.75) is 101 Å². The van der Waals surface area contributed by atoms with E-state index in [4.69, 9.17) is 0 Å². The lowest BCUT2D eigenvalue weighted by Gasteiger charge is -2.17. The molecular formula is C44H55N13O13. The molecule has 0 saturated heterocycles. The summed E-state index contributed by atoms with van der Waals surface area (Å²) in [6.45, 7) is 0.798. The van der Waals surface area contributed by atoms with Gasteiger partial charge in [-0.15, -0.1) is 0 Å². The molecule has 26 nitrogen and oxygen atoms in total. The van der Waals surface area contributed by atoms with Gasteiger partial charge in [0.25, 0.3) is 0 Å². The molecule has 0 unspecified atom stereocenters. The topological polar surface area (TPSA) is 409 Å². The molecule has 0 spiro atoms. The highest BCUT2D eigenvalue weighted by Gasteiger charge is 2.27. The predicted octanol–water partition coefficient (Wildman–Crippen LogP) is 3.78. The lowest BCUT2D eigenvalue weighted by molar-refractivity contribution is -0.144. The molecule has 0 amide bonds. The third-order valence-corrected chi connectivity index (χ3v) is 10.6. The zero-order chi connectivity index (χ0) is 50.6. The van der Waals surface area contributed by atoms with Crippen LogP contribution in [0.15, 0.2) is 54.7 Å². The molecule has 3 aromatic heterocycles. The largest absolute Gasteiger partial charge is 0.508 e. The van der Waals surface area contributed by atoms with Crippen molar-refractivity contribution in [1.82, 2.24) is 34.9 Å². The average Bonchev–Trinajstić information content (AvgIpc) is 3.71. The van der Waals surface area contributed by atoms with Gasteiger partial charge in [0.2, 0.25) is 35.7 Å². The van der Waals surface area contributed by atoms with Gasteiger partial charge in [-0.05, 0) is 42.2 Å². The smallest absolute Gasteiger partial charge is 0.326 e. The Hall–Kier alpha value is -8.58. The number of carboxylic acid groups (broad SMARTS) is 6. The molecule has 3 heterocycles. The van der Waals surface area contributed by atoms with E-state index in [0.29, 0.717) is 31.5 Å². The van der Waals surface area contributed by atoms with E-state index in [1.807, 2.05) is 24.3 Å². The van der Waals surface area contributed by atoms with E-state index in [0.717, 1.165) is 55.0 Å². The standard InChI is InChI=1S/C44H55N13O13/c58-26-15-13-24(14-16-26)19-29(35(63)64)48-41-52-39(54-43(56-41)50-31(37(67)68)21-33(59)60)45-17-9-5-3-1-2-4-6-10-18-46-40-53-42(57-44(55-40)51-32(38(69)70)22-34(61)62)49-30(36(65)66)20-25-23-47-28-12-8-7-11-27(25)28/h7-8,11-16,23,29-32,47,58H,1-6,9-10,17-22H2,(H,59,60)(H,61,62)(H,63,64)(H,65,66)(H,67,68)(H,69,70)(H3,45,48,50,52,54,56)(H3,46,49,51,53,55,57)/t29-,30-,31-,32-/m0/s1. The van der Waals surface area contributed by atoms with Crippen LogP contribution in [0.25, 0.3) is 10.9 Å². The van der Waals surface area contributed by atoms with Crippen molar-refractivity contribution in [3.05, 3.63) is 65.9 Å². The van der Waals surface area contributed by atoms with Gasteiger partial charge in [0, 0.05) is 43.0 Å². The van der Waals surface area contributed by atoms with Crippen LogP contribution in [0.1, 0.15) is 75.3 Å².